The first-order chi connectivity index (χ1) is 10.5. The predicted octanol–water partition coefficient (Wildman–Crippen LogP) is 3.59. The van der Waals surface area contributed by atoms with Crippen LogP contribution in [0.3, 0.4) is 0 Å². The number of hydrogen-bond donors (Lipinski definition) is 2. The van der Waals surface area contributed by atoms with Crippen molar-refractivity contribution in [3.8, 4) is 0 Å². The summed E-state index contributed by atoms with van der Waals surface area (Å²) in [6, 6.07) is 6.63. The molecule has 3 N–H and O–H groups in total. The molecule has 5 heteroatoms. The summed E-state index contributed by atoms with van der Waals surface area (Å²) >= 11 is 0. The Bertz CT molecular complexity index is 504. The van der Waals surface area contributed by atoms with Crippen molar-refractivity contribution in [3.63, 3.8) is 0 Å². The van der Waals surface area contributed by atoms with Crippen LogP contribution in [0.5, 0.6) is 0 Å². The maximum Gasteiger partial charge on any atom is 0.220 e. The van der Waals surface area contributed by atoms with E-state index in [0.717, 1.165) is 25.7 Å². The number of nitrogens with two attached hydrogens (primary N) is 1. The van der Waals surface area contributed by atoms with Gasteiger partial charge < -0.3 is 11.1 Å². The summed E-state index contributed by atoms with van der Waals surface area (Å²) in [7, 11) is 0. The van der Waals surface area contributed by atoms with E-state index in [4.69, 9.17) is 5.73 Å². The lowest BCUT2D eigenvalue weighted by atomic mass is 9.71. The molecule has 1 unspecified atom stereocenters. The first kappa shape index (κ1) is 19.9. The minimum absolute atomic E-state index is 0. The van der Waals surface area contributed by atoms with E-state index in [9.17, 15) is 9.18 Å². The van der Waals surface area contributed by atoms with Crippen molar-refractivity contribution in [2.24, 2.45) is 11.1 Å². The molecule has 0 bridgehead atoms. The number of amides is 1. The average Bonchev–Trinajstić information content (AvgIpc) is 2.50. The number of carbonyl (C=O) groups excluding carboxylic acids is 1. The Morgan fingerprint density at radius 2 is 1.96 bits per heavy atom. The van der Waals surface area contributed by atoms with Crippen LogP contribution in [-0.4, -0.2) is 18.5 Å². The molecule has 0 spiro atoms. The Kier molecular flexibility index (Phi) is 8.00. The SMILES string of the molecule is CC(Cc1ccccc1F)NC(=O)CC1(CN)CCCCC1.Cl. The van der Waals surface area contributed by atoms with E-state index in [-0.39, 0.29) is 35.6 Å². The van der Waals surface area contributed by atoms with Crippen LogP contribution in [0, 0.1) is 11.2 Å². The monoisotopic (exact) mass is 342 g/mol. The van der Waals surface area contributed by atoms with Crippen LogP contribution in [0.25, 0.3) is 0 Å². The summed E-state index contributed by atoms with van der Waals surface area (Å²) in [4.78, 5) is 12.3. The molecule has 0 aromatic heterocycles. The minimum Gasteiger partial charge on any atom is -0.353 e. The Labute approximate surface area is 144 Å². The van der Waals surface area contributed by atoms with E-state index >= 15 is 0 Å². The van der Waals surface area contributed by atoms with Gasteiger partial charge in [0, 0.05) is 12.5 Å². The molecule has 2 rings (SSSR count). The molecule has 0 heterocycles. The number of carbonyl (C=O) groups is 1. The quantitative estimate of drug-likeness (QED) is 0.830. The lowest BCUT2D eigenvalue weighted by Crippen LogP contribution is -2.41. The zero-order valence-electron chi connectivity index (χ0n) is 13.8. The van der Waals surface area contributed by atoms with Crippen molar-refractivity contribution in [3.05, 3.63) is 35.6 Å². The number of benzene rings is 1. The number of halogens is 2. The fraction of sp³-hybridized carbons (Fsp3) is 0.611. The molecule has 1 aliphatic carbocycles. The van der Waals surface area contributed by atoms with Gasteiger partial charge in [-0.25, -0.2) is 4.39 Å². The summed E-state index contributed by atoms with van der Waals surface area (Å²) < 4.78 is 13.6. The summed E-state index contributed by atoms with van der Waals surface area (Å²) in [5, 5.41) is 3.00. The van der Waals surface area contributed by atoms with E-state index in [1.165, 1.54) is 12.5 Å². The third-order valence-corrected chi connectivity index (χ3v) is 4.77. The largest absolute Gasteiger partial charge is 0.353 e. The molecule has 1 aromatic carbocycles. The second-order valence-electron chi connectivity index (χ2n) is 6.71. The maximum absolute atomic E-state index is 13.6. The van der Waals surface area contributed by atoms with Crippen LogP contribution in [-0.2, 0) is 11.2 Å². The molecule has 1 aromatic rings. The highest BCUT2D eigenvalue weighted by Gasteiger charge is 2.33. The first-order valence-electron chi connectivity index (χ1n) is 8.27. The van der Waals surface area contributed by atoms with Crippen LogP contribution in [0.1, 0.15) is 51.0 Å². The third kappa shape index (κ3) is 5.78. The van der Waals surface area contributed by atoms with Crippen LogP contribution in [0.15, 0.2) is 24.3 Å². The summed E-state index contributed by atoms with van der Waals surface area (Å²) in [5.74, 6) is -0.175. The van der Waals surface area contributed by atoms with Crippen molar-refractivity contribution in [1.82, 2.24) is 5.32 Å². The summed E-state index contributed by atoms with van der Waals surface area (Å²) in [6.07, 6.45) is 6.65. The van der Waals surface area contributed by atoms with Gasteiger partial charge in [0.05, 0.1) is 0 Å². The van der Waals surface area contributed by atoms with Gasteiger partial charge >= 0.3 is 0 Å². The molecule has 0 radical (unpaired) electrons. The maximum atomic E-state index is 13.6. The second-order valence-corrected chi connectivity index (χ2v) is 6.71. The Morgan fingerprint density at radius 3 is 2.57 bits per heavy atom. The zero-order valence-corrected chi connectivity index (χ0v) is 14.6. The van der Waals surface area contributed by atoms with Crippen molar-refractivity contribution in [2.45, 2.75) is 57.9 Å². The molecule has 130 valence electrons. The van der Waals surface area contributed by atoms with Crippen molar-refractivity contribution >= 4 is 18.3 Å². The number of hydrogen-bond acceptors (Lipinski definition) is 2. The molecule has 1 fully saturated rings. The fourth-order valence-corrected chi connectivity index (χ4v) is 3.47. The summed E-state index contributed by atoms with van der Waals surface area (Å²) in [5.41, 5.74) is 6.54. The molecular weight excluding hydrogens is 315 g/mol. The number of nitrogens with one attached hydrogen (secondary N) is 1. The van der Waals surface area contributed by atoms with Crippen LogP contribution < -0.4 is 11.1 Å². The standard InChI is InChI=1S/C18H27FN2O.ClH/c1-14(11-15-7-3-4-8-16(15)19)21-17(22)12-18(13-20)9-5-2-6-10-18;/h3-4,7-8,14H,2,5-6,9-13,20H2,1H3,(H,21,22);1H. The highest BCUT2D eigenvalue weighted by Crippen LogP contribution is 2.38. The van der Waals surface area contributed by atoms with E-state index in [1.54, 1.807) is 12.1 Å². The molecule has 0 aliphatic heterocycles. The molecule has 1 saturated carbocycles. The number of rotatable bonds is 6. The molecule has 3 nitrogen and oxygen atoms in total. The van der Waals surface area contributed by atoms with Crippen LogP contribution >= 0.6 is 12.4 Å². The summed E-state index contributed by atoms with van der Waals surface area (Å²) in [6.45, 7) is 2.49. The van der Waals surface area contributed by atoms with Crippen molar-refractivity contribution in [2.75, 3.05) is 6.54 Å². The van der Waals surface area contributed by atoms with Gasteiger partial charge in [-0.05, 0) is 49.8 Å². The second kappa shape index (κ2) is 9.24. The molecular formula is C18H28ClFN2O. The van der Waals surface area contributed by atoms with Gasteiger partial charge in [0.2, 0.25) is 5.91 Å². The van der Waals surface area contributed by atoms with Gasteiger partial charge in [-0.1, -0.05) is 37.5 Å². The minimum atomic E-state index is -0.214. The smallest absolute Gasteiger partial charge is 0.220 e. The van der Waals surface area contributed by atoms with Crippen LogP contribution in [0.2, 0.25) is 0 Å². The lowest BCUT2D eigenvalue weighted by molar-refractivity contribution is -0.124. The predicted molar refractivity (Wildman–Crippen MR) is 94.1 cm³/mol. The van der Waals surface area contributed by atoms with Gasteiger partial charge in [0.25, 0.3) is 0 Å². The third-order valence-electron chi connectivity index (χ3n) is 4.77. The molecule has 1 amide bonds. The van der Waals surface area contributed by atoms with E-state index in [1.807, 2.05) is 13.0 Å². The van der Waals surface area contributed by atoms with Gasteiger partial charge in [-0.2, -0.15) is 0 Å². The fourth-order valence-electron chi connectivity index (χ4n) is 3.47. The van der Waals surface area contributed by atoms with E-state index < -0.39 is 0 Å². The van der Waals surface area contributed by atoms with Gasteiger partial charge in [0.15, 0.2) is 0 Å². The zero-order chi connectivity index (χ0) is 16.0. The van der Waals surface area contributed by atoms with Gasteiger partial charge in [-0.15, -0.1) is 12.4 Å². The highest BCUT2D eigenvalue weighted by atomic mass is 35.5. The van der Waals surface area contributed by atoms with Crippen LogP contribution in [0.4, 0.5) is 4.39 Å². The lowest BCUT2D eigenvalue weighted by Gasteiger charge is -2.36. The molecule has 1 atom stereocenters. The van der Waals surface area contributed by atoms with Gasteiger partial charge in [0.1, 0.15) is 5.82 Å². The van der Waals surface area contributed by atoms with E-state index in [2.05, 4.69) is 5.32 Å². The van der Waals surface area contributed by atoms with Gasteiger partial charge in [-0.3, -0.25) is 4.79 Å². The van der Waals surface area contributed by atoms with Crippen molar-refractivity contribution in [1.29, 1.82) is 0 Å². The molecule has 0 saturated heterocycles. The average molecular weight is 343 g/mol. The van der Waals surface area contributed by atoms with Crippen molar-refractivity contribution < 1.29 is 9.18 Å². The Balaban J connectivity index is 0.00000264. The molecule has 1 aliphatic rings. The molecule has 23 heavy (non-hydrogen) atoms. The first-order valence-corrected chi connectivity index (χ1v) is 8.27. The Hall–Kier alpha value is -1.13. The Morgan fingerprint density at radius 1 is 1.30 bits per heavy atom. The topological polar surface area (TPSA) is 55.1 Å². The highest BCUT2D eigenvalue weighted by molar-refractivity contribution is 5.85. The van der Waals surface area contributed by atoms with E-state index in [0.29, 0.717) is 24.9 Å². The normalized spacial score (nSPS) is 17.9.